The van der Waals surface area contributed by atoms with E-state index in [2.05, 4.69) is 280 Å². The van der Waals surface area contributed by atoms with Crippen LogP contribution in [-0.4, -0.2) is 4.57 Å². The van der Waals surface area contributed by atoms with Gasteiger partial charge in [-0.2, -0.15) is 0 Å². The second-order valence-corrected chi connectivity index (χ2v) is 24.4. The molecule has 2 aliphatic rings. The number of anilines is 3. The molecule has 0 fully saturated rings. The maximum atomic E-state index is 6.23. The molecule has 0 unspecified atom stereocenters. The highest BCUT2D eigenvalue weighted by atomic mass is 16.3. The van der Waals surface area contributed by atoms with E-state index in [0.29, 0.717) is 0 Å². The minimum absolute atomic E-state index is 0.221. The van der Waals surface area contributed by atoms with E-state index in [1.165, 1.54) is 110 Å². The molecule has 2 aliphatic carbocycles. The summed E-state index contributed by atoms with van der Waals surface area (Å²) in [6.45, 7) is 9.61. The third-order valence-corrected chi connectivity index (χ3v) is 18.9. The summed E-state index contributed by atoms with van der Waals surface area (Å²) in [4.78, 5) is 2.48. The van der Waals surface area contributed by atoms with Gasteiger partial charge in [0.1, 0.15) is 22.3 Å². The van der Waals surface area contributed by atoms with Gasteiger partial charge >= 0.3 is 0 Å². The van der Waals surface area contributed by atoms with Crippen molar-refractivity contribution in [1.82, 2.24) is 4.57 Å². The van der Waals surface area contributed by atoms with Crippen LogP contribution in [0.1, 0.15) is 61.1 Å². The molecule has 12 aromatic carbocycles. The van der Waals surface area contributed by atoms with E-state index in [9.17, 15) is 0 Å². The molecule has 0 N–H and O–H groups in total. The number of furan rings is 2. The molecule has 0 saturated carbocycles. The third-order valence-electron chi connectivity index (χ3n) is 18.9. The van der Waals surface area contributed by atoms with Crippen LogP contribution in [0, 0.1) is 0 Å². The maximum absolute atomic E-state index is 6.23. The number of fused-ring (bicyclic) bond motifs is 15. The molecule has 4 heteroatoms. The Bertz CT molecular complexity index is 5150. The van der Waals surface area contributed by atoms with Crippen LogP contribution < -0.4 is 4.90 Å². The Kier molecular flexibility index (Phi) is 10.5. The Morgan fingerprint density at radius 3 is 1.30 bits per heavy atom. The topological polar surface area (TPSA) is 34.5 Å². The average molecular weight is 1080 g/mol. The van der Waals surface area contributed by atoms with E-state index in [0.717, 1.165) is 68.7 Å². The van der Waals surface area contributed by atoms with Crippen molar-refractivity contribution in [1.29, 1.82) is 0 Å². The van der Waals surface area contributed by atoms with Gasteiger partial charge in [0, 0.05) is 65.9 Å². The Labute approximate surface area is 488 Å². The van der Waals surface area contributed by atoms with Gasteiger partial charge in [-0.25, -0.2) is 0 Å². The van der Waals surface area contributed by atoms with Crippen molar-refractivity contribution < 1.29 is 8.83 Å². The molecular weight excluding hydrogens is 1020 g/mol. The zero-order valence-electron chi connectivity index (χ0n) is 47.4. The van der Waals surface area contributed by atoms with Crippen molar-refractivity contribution in [3.8, 4) is 50.2 Å². The van der Waals surface area contributed by atoms with Gasteiger partial charge < -0.3 is 18.3 Å². The van der Waals surface area contributed by atoms with Crippen LogP contribution >= 0.6 is 0 Å². The summed E-state index contributed by atoms with van der Waals surface area (Å²) in [5.41, 5.74) is 28.2. The van der Waals surface area contributed by atoms with Crippen molar-refractivity contribution in [2.45, 2.75) is 51.4 Å². The number of para-hydroxylation sites is 4. The van der Waals surface area contributed by atoms with Crippen molar-refractivity contribution in [2.24, 2.45) is 0 Å². The van der Waals surface area contributed by atoms with Crippen LogP contribution in [0.5, 0.6) is 0 Å². The van der Waals surface area contributed by atoms with Crippen LogP contribution in [0.15, 0.2) is 264 Å². The van der Waals surface area contributed by atoms with E-state index >= 15 is 0 Å². The normalized spacial score (nSPS) is 13.8. The van der Waals surface area contributed by atoms with Gasteiger partial charge in [-0.15, -0.1) is 0 Å². The van der Waals surface area contributed by atoms with Crippen LogP contribution in [0.4, 0.5) is 17.1 Å². The highest BCUT2D eigenvalue weighted by Crippen LogP contribution is 2.54. The summed E-state index contributed by atoms with van der Waals surface area (Å²) in [6.07, 6.45) is 1.91. The molecule has 3 heterocycles. The number of hydrogen-bond acceptors (Lipinski definition) is 3. The van der Waals surface area contributed by atoms with E-state index in [-0.39, 0.29) is 10.8 Å². The van der Waals surface area contributed by atoms with E-state index in [4.69, 9.17) is 8.83 Å². The lowest BCUT2D eigenvalue weighted by Crippen LogP contribution is -2.18. The minimum Gasteiger partial charge on any atom is -0.456 e. The highest BCUT2D eigenvalue weighted by Gasteiger charge is 2.38. The Morgan fingerprint density at radius 2 is 0.702 bits per heavy atom. The van der Waals surface area contributed by atoms with Gasteiger partial charge in [-0.3, -0.25) is 0 Å². The fourth-order valence-corrected chi connectivity index (χ4v) is 14.5. The Hall–Kier alpha value is -10.2. The van der Waals surface area contributed by atoms with Crippen molar-refractivity contribution >= 4 is 82.7 Å². The van der Waals surface area contributed by atoms with Crippen LogP contribution in [0.3, 0.4) is 0 Å². The second-order valence-electron chi connectivity index (χ2n) is 24.4. The Balaban J connectivity index is 0.724. The first kappa shape index (κ1) is 48.5. The molecule has 400 valence electrons. The molecule has 0 bridgehead atoms. The van der Waals surface area contributed by atoms with Crippen LogP contribution in [-0.2, 0) is 23.7 Å². The largest absolute Gasteiger partial charge is 0.456 e. The van der Waals surface area contributed by atoms with Gasteiger partial charge in [0.2, 0.25) is 0 Å². The molecule has 0 radical (unpaired) electrons. The summed E-state index contributed by atoms with van der Waals surface area (Å²) in [7, 11) is 0. The summed E-state index contributed by atoms with van der Waals surface area (Å²) < 4.78 is 14.8. The smallest absolute Gasteiger partial charge is 0.135 e. The number of aromatic nitrogens is 1. The number of hydrogen-bond donors (Lipinski definition) is 0. The van der Waals surface area contributed by atoms with Gasteiger partial charge in [-0.05, 0) is 194 Å². The molecule has 17 rings (SSSR count). The van der Waals surface area contributed by atoms with Crippen molar-refractivity contribution in [2.75, 3.05) is 4.90 Å². The summed E-state index contributed by atoms with van der Waals surface area (Å²) in [5, 5.41) is 7.19. The van der Waals surface area contributed by atoms with E-state index < -0.39 is 0 Å². The van der Waals surface area contributed by atoms with Crippen LogP contribution in [0.2, 0.25) is 0 Å². The molecule has 4 nitrogen and oxygen atoms in total. The zero-order chi connectivity index (χ0) is 56.0. The van der Waals surface area contributed by atoms with Crippen molar-refractivity contribution in [3.63, 3.8) is 0 Å². The lowest BCUT2D eigenvalue weighted by molar-refractivity contribution is 0.659. The maximum Gasteiger partial charge on any atom is 0.135 e. The third kappa shape index (κ3) is 7.39. The fraction of sp³-hybridized carbons (Fsp3) is 0.100. The SMILES string of the molecule is CC1(C)c2cc(CCc3ccc4oc5ccccc5c4c3)ccc2-c2ccc(N(c3ccc(-c4ccc(-n5c6ccccc6c6ccccc65)cc4)cc3)c3ccc4c(c3)C(C)(C)c3cc(-c5ccc6oc7ccccc7c6c5)ccc3-4)cc21. The molecule has 0 aliphatic heterocycles. The fourth-order valence-electron chi connectivity index (χ4n) is 14.5. The standard InChI is InChI=1S/C80H58N2O2/c1-79(2)69-44-50(22-21-49-24-41-77-67(43-49)65-15-7-11-19-75(65)83-77)23-37-59(69)61-39-35-57(47-71(61)79)81(55-31-25-51(26-32-55)52-27-33-56(34-28-52)82-73-17-9-5-13-63(73)64-14-6-10-18-74(64)82)58-36-40-62-60-38-29-54(46-70(60)80(3,4)72(62)48-58)53-30-42-78-68(45-53)66-16-8-12-20-76(66)84-78/h5-20,23-48H,21-22H2,1-4H3. The second kappa shape index (κ2) is 18.2. The monoisotopic (exact) mass is 1080 g/mol. The summed E-state index contributed by atoms with van der Waals surface area (Å²) in [5.74, 6) is 0. The number of nitrogens with zero attached hydrogens (tertiary/aromatic N) is 2. The van der Waals surface area contributed by atoms with Crippen LogP contribution in [0.25, 0.3) is 116 Å². The molecule has 0 saturated heterocycles. The minimum atomic E-state index is -0.260. The molecule has 3 aromatic heterocycles. The molecule has 0 spiro atoms. The first-order valence-electron chi connectivity index (χ1n) is 29.5. The average Bonchev–Trinajstić information content (AvgIpc) is 1.88. The zero-order valence-corrected chi connectivity index (χ0v) is 47.4. The van der Waals surface area contributed by atoms with Gasteiger partial charge in [0.15, 0.2) is 0 Å². The molecule has 0 amide bonds. The number of aryl methyl sites for hydroxylation is 2. The van der Waals surface area contributed by atoms with E-state index in [1.807, 2.05) is 12.1 Å². The highest BCUT2D eigenvalue weighted by molar-refractivity contribution is 6.10. The first-order valence-corrected chi connectivity index (χ1v) is 29.5. The summed E-state index contributed by atoms with van der Waals surface area (Å²) in [6, 6.07) is 94.3. The van der Waals surface area contributed by atoms with Gasteiger partial charge in [0.25, 0.3) is 0 Å². The predicted molar refractivity (Wildman–Crippen MR) is 350 cm³/mol. The molecular formula is C80H58N2O2. The quantitative estimate of drug-likeness (QED) is 0.144. The number of rotatable bonds is 9. The predicted octanol–water partition coefficient (Wildman–Crippen LogP) is 21.8. The molecule has 84 heavy (non-hydrogen) atoms. The summed E-state index contributed by atoms with van der Waals surface area (Å²) >= 11 is 0. The first-order chi connectivity index (χ1) is 41.1. The van der Waals surface area contributed by atoms with Gasteiger partial charge in [0.05, 0.1) is 11.0 Å². The van der Waals surface area contributed by atoms with E-state index in [1.54, 1.807) is 0 Å². The number of benzene rings is 12. The van der Waals surface area contributed by atoms with Gasteiger partial charge in [-0.1, -0.05) is 179 Å². The molecule has 15 aromatic rings. The molecule has 0 atom stereocenters. The lowest BCUT2D eigenvalue weighted by Gasteiger charge is -2.30. The van der Waals surface area contributed by atoms with Crippen molar-refractivity contribution in [3.05, 3.63) is 288 Å². The Morgan fingerprint density at radius 1 is 0.310 bits per heavy atom. The lowest BCUT2D eigenvalue weighted by atomic mass is 9.81.